The van der Waals surface area contributed by atoms with Crippen LogP contribution in [0.5, 0.6) is 0 Å². The highest BCUT2D eigenvalue weighted by Crippen LogP contribution is 2.18. The molecule has 7 nitrogen and oxygen atoms in total. The molecule has 0 radical (unpaired) electrons. The highest BCUT2D eigenvalue weighted by molar-refractivity contribution is 5.97. The molecule has 0 aliphatic rings. The van der Waals surface area contributed by atoms with Gasteiger partial charge in [0.25, 0.3) is 5.91 Å². The van der Waals surface area contributed by atoms with Crippen LogP contribution in [0, 0.1) is 11.3 Å². The largest absolute Gasteiger partial charge is 0.341 e. The fraction of sp³-hybridized carbons (Fsp3) is 0.136. The van der Waals surface area contributed by atoms with E-state index in [2.05, 4.69) is 20.8 Å². The third-order valence-electron chi connectivity index (χ3n) is 4.23. The molecule has 0 spiro atoms. The van der Waals surface area contributed by atoms with Gasteiger partial charge in [0.15, 0.2) is 0 Å². The summed E-state index contributed by atoms with van der Waals surface area (Å²) >= 11 is 0. The van der Waals surface area contributed by atoms with Gasteiger partial charge in [0.1, 0.15) is 12.6 Å². The van der Waals surface area contributed by atoms with Crippen LogP contribution in [0.25, 0.3) is 11.3 Å². The summed E-state index contributed by atoms with van der Waals surface area (Å²) < 4.78 is 0. The molecule has 2 N–H and O–H groups in total. The maximum atomic E-state index is 12.5. The average molecular weight is 385 g/mol. The minimum atomic E-state index is -0.826. The Bertz CT molecular complexity index is 1020. The van der Waals surface area contributed by atoms with E-state index in [9.17, 15) is 9.59 Å². The minimum Gasteiger partial charge on any atom is -0.341 e. The van der Waals surface area contributed by atoms with Gasteiger partial charge in [-0.15, -0.1) is 0 Å². The zero-order chi connectivity index (χ0) is 20.5. The van der Waals surface area contributed by atoms with Crippen LogP contribution in [0.3, 0.4) is 0 Å². The van der Waals surface area contributed by atoms with Crippen LogP contribution in [-0.4, -0.2) is 34.6 Å². The van der Waals surface area contributed by atoms with E-state index in [-0.39, 0.29) is 18.9 Å². The van der Waals surface area contributed by atoms with Gasteiger partial charge in [-0.05, 0) is 35.9 Å². The van der Waals surface area contributed by atoms with Crippen LogP contribution < -0.4 is 10.6 Å². The third kappa shape index (κ3) is 5.47. The van der Waals surface area contributed by atoms with Crippen LogP contribution >= 0.6 is 0 Å². The number of carbonyl (C=O) groups is 2. The van der Waals surface area contributed by atoms with E-state index in [4.69, 9.17) is 5.26 Å². The van der Waals surface area contributed by atoms with Crippen LogP contribution in [0.2, 0.25) is 0 Å². The summed E-state index contributed by atoms with van der Waals surface area (Å²) in [5.41, 5.74) is 2.88. The summed E-state index contributed by atoms with van der Waals surface area (Å²) in [4.78, 5) is 25.1. The summed E-state index contributed by atoms with van der Waals surface area (Å²) in [5, 5.41) is 22.0. The van der Waals surface area contributed by atoms with Gasteiger partial charge in [-0.1, -0.05) is 36.4 Å². The number of nitriles is 1. The van der Waals surface area contributed by atoms with E-state index in [1.54, 1.807) is 36.5 Å². The molecule has 1 aromatic heterocycles. The second-order valence-corrected chi connectivity index (χ2v) is 6.28. The molecular weight excluding hydrogens is 366 g/mol. The van der Waals surface area contributed by atoms with Gasteiger partial charge >= 0.3 is 0 Å². The molecule has 3 aromatic rings. The van der Waals surface area contributed by atoms with Crippen molar-refractivity contribution >= 4 is 11.8 Å². The van der Waals surface area contributed by atoms with Crippen molar-refractivity contribution in [1.82, 2.24) is 20.8 Å². The number of hydrogen-bond acceptors (Lipinski definition) is 5. The quantitative estimate of drug-likeness (QED) is 0.606. The van der Waals surface area contributed by atoms with Crippen LogP contribution in [0.4, 0.5) is 0 Å². The van der Waals surface area contributed by atoms with E-state index in [1.807, 2.05) is 42.5 Å². The van der Waals surface area contributed by atoms with Crippen molar-refractivity contribution in [1.29, 1.82) is 5.26 Å². The monoisotopic (exact) mass is 385 g/mol. The van der Waals surface area contributed by atoms with Gasteiger partial charge in [-0.2, -0.15) is 15.5 Å². The Kier molecular flexibility index (Phi) is 6.63. The second kappa shape index (κ2) is 9.76. The lowest BCUT2D eigenvalue weighted by atomic mass is 10.0. The number of nitrogens with zero attached hydrogens (tertiary/aromatic N) is 3. The Hall–Kier alpha value is -4.05. The van der Waals surface area contributed by atoms with Crippen molar-refractivity contribution in [3.05, 3.63) is 84.1 Å². The van der Waals surface area contributed by atoms with Gasteiger partial charge in [-0.25, -0.2) is 0 Å². The molecule has 29 heavy (non-hydrogen) atoms. The van der Waals surface area contributed by atoms with Crippen molar-refractivity contribution in [3.8, 4) is 17.3 Å². The molecule has 144 valence electrons. The van der Waals surface area contributed by atoms with Gasteiger partial charge in [0.2, 0.25) is 5.91 Å². The maximum absolute atomic E-state index is 12.5. The van der Waals surface area contributed by atoms with Crippen molar-refractivity contribution in [3.63, 3.8) is 0 Å². The third-order valence-corrected chi connectivity index (χ3v) is 4.23. The predicted molar refractivity (Wildman–Crippen MR) is 107 cm³/mol. The number of amides is 2. The lowest BCUT2D eigenvalue weighted by Gasteiger charge is -2.18. The Morgan fingerprint density at radius 1 is 1.03 bits per heavy atom. The number of benzene rings is 2. The first-order valence-corrected chi connectivity index (χ1v) is 9.05. The average Bonchev–Trinajstić information content (AvgIpc) is 2.78. The van der Waals surface area contributed by atoms with E-state index < -0.39 is 11.9 Å². The lowest BCUT2D eigenvalue weighted by molar-refractivity contribution is -0.122. The van der Waals surface area contributed by atoms with E-state index in [1.165, 1.54) is 0 Å². The molecule has 1 heterocycles. The smallest absolute Gasteiger partial charge is 0.251 e. The first-order valence-electron chi connectivity index (χ1n) is 9.05. The Morgan fingerprint density at radius 2 is 1.86 bits per heavy atom. The fourth-order valence-electron chi connectivity index (χ4n) is 2.84. The number of hydrogen-bond donors (Lipinski definition) is 2. The van der Waals surface area contributed by atoms with Crippen molar-refractivity contribution < 1.29 is 9.59 Å². The molecule has 0 saturated carbocycles. The Balaban J connectivity index is 1.80. The van der Waals surface area contributed by atoms with Gasteiger partial charge in [-0.3, -0.25) is 9.59 Å². The van der Waals surface area contributed by atoms with Crippen molar-refractivity contribution in [2.45, 2.75) is 12.5 Å². The zero-order valence-electron chi connectivity index (χ0n) is 15.6. The SMILES string of the molecule is N#CCNC(=O)[C@H](Cc1cccc(-c2cccnn2)c1)NC(=O)c1ccccc1. The standard InChI is InChI=1S/C22H19N5O2/c23-11-13-24-22(29)20(26-21(28)17-7-2-1-3-8-17)15-16-6-4-9-18(14-16)19-10-5-12-25-27-19/h1-10,12,14,20H,13,15H2,(H,24,29)(H,26,28)/t20-/m0/s1. The molecule has 0 unspecified atom stereocenters. The maximum Gasteiger partial charge on any atom is 0.251 e. The highest BCUT2D eigenvalue weighted by Gasteiger charge is 2.22. The minimum absolute atomic E-state index is 0.129. The van der Waals surface area contributed by atoms with E-state index >= 15 is 0 Å². The number of rotatable bonds is 7. The van der Waals surface area contributed by atoms with Crippen LogP contribution in [0.1, 0.15) is 15.9 Å². The molecule has 3 rings (SSSR count). The molecule has 1 atom stereocenters. The van der Waals surface area contributed by atoms with Crippen LogP contribution in [0.15, 0.2) is 72.9 Å². The summed E-state index contributed by atoms with van der Waals surface area (Å²) in [6.45, 7) is -0.129. The molecule has 2 aromatic carbocycles. The molecule has 0 bridgehead atoms. The number of nitrogens with one attached hydrogen (secondary N) is 2. The fourth-order valence-corrected chi connectivity index (χ4v) is 2.84. The molecule has 0 aliphatic carbocycles. The summed E-state index contributed by atoms with van der Waals surface area (Å²) in [7, 11) is 0. The topological polar surface area (TPSA) is 108 Å². The van der Waals surface area contributed by atoms with E-state index in [0.29, 0.717) is 11.3 Å². The van der Waals surface area contributed by atoms with Crippen LogP contribution in [-0.2, 0) is 11.2 Å². The summed E-state index contributed by atoms with van der Waals surface area (Å²) in [6.07, 6.45) is 1.87. The van der Waals surface area contributed by atoms with Crippen molar-refractivity contribution in [2.75, 3.05) is 6.54 Å². The molecule has 0 fully saturated rings. The normalized spacial score (nSPS) is 11.1. The van der Waals surface area contributed by atoms with E-state index in [0.717, 1.165) is 11.1 Å². The summed E-state index contributed by atoms with van der Waals surface area (Å²) in [6, 6.07) is 20.9. The Labute approximate surface area is 168 Å². The van der Waals surface area contributed by atoms with Gasteiger partial charge < -0.3 is 10.6 Å². The van der Waals surface area contributed by atoms with Crippen molar-refractivity contribution in [2.24, 2.45) is 0 Å². The van der Waals surface area contributed by atoms with Gasteiger partial charge in [0.05, 0.1) is 11.8 Å². The highest BCUT2D eigenvalue weighted by atomic mass is 16.2. The second-order valence-electron chi connectivity index (χ2n) is 6.28. The number of carbonyl (C=O) groups excluding carboxylic acids is 2. The predicted octanol–water partition coefficient (Wildman–Crippen LogP) is 2.12. The molecule has 0 saturated heterocycles. The first kappa shape index (κ1) is 19.7. The first-order chi connectivity index (χ1) is 14.2. The zero-order valence-corrected chi connectivity index (χ0v) is 15.6. The number of aromatic nitrogens is 2. The molecule has 0 aliphatic heterocycles. The Morgan fingerprint density at radius 3 is 2.59 bits per heavy atom. The molecular formula is C22H19N5O2. The van der Waals surface area contributed by atoms with Gasteiger partial charge in [0, 0.05) is 23.7 Å². The summed E-state index contributed by atoms with van der Waals surface area (Å²) in [5.74, 6) is -0.770. The molecule has 7 heteroatoms. The molecule has 2 amide bonds. The lowest BCUT2D eigenvalue weighted by Crippen LogP contribution is -2.48.